The summed E-state index contributed by atoms with van der Waals surface area (Å²) in [4.78, 5) is 10.0. The van der Waals surface area contributed by atoms with Gasteiger partial charge >= 0.3 is 10.5 Å². The predicted molar refractivity (Wildman–Crippen MR) is 31.2 cm³/mol. The van der Waals surface area contributed by atoms with Gasteiger partial charge in [0.2, 0.25) is 0 Å². The summed E-state index contributed by atoms with van der Waals surface area (Å²) >= 11 is 8.61. The van der Waals surface area contributed by atoms with Crippen LogP contribution in [0.25, 0.3) is 0 Å². The van der Waals surface area contributed by atoms with Crippen molar-refractivity contribution in [2.45, 2.75) is 17.4 Å². The molecule has 0 amide bonds. The van der Waals surface area contributed by atoms with E-state index in [9.17, 15) is 18.0 Å². The zero-order chi connectivity index (χ0) is 8.58. The summed E-state index contributed by atoms with van der Waals surface area (Å²) in [5, 5.41) is -8.16. The molecule has 1 atom stereocenters. The van der Waals surface area contributed by atoms with Gasteiger partial charge in [-0.2, -0.15) is 8.78 Å². The molecule has 0 bridgehead atoms. The van der Waals surface area contributed by atoms with Crippen LogP contribution in [0.5, 0.6) is 0 Å². The summed E-state index contributed by atoms with van der Waals surface area (Å²) < 4.78 is 35.8. The van der Waals surface area contributed by atoms with Crippen molar-refractivity contribution < 1.29 is 18.0 Å². The number of hydrogen-bond donors (Lipinski definition) is 0. The molecule has 1 nitrogen and oxygen atoms in total. The molecule has 6 heteroatoms. The lowest BCUT2D eigenvalue weighted by atomic mass is 10.3. The van der Waals surface area contributed by atoms with E-state index in [4.69, 9.17) is 0 Å². The van der Waals surface area contributed by atoms with E-state index in [2.05, 4.69) is 23.2 Å². The molecule has 0 heterocycles. The number of halogens is 5. The number of alkyl halides is 5. The Bertz CT molecular complexity index is 151. The maximum Gasteiger partial charge on any atom is 0.376 e. The van der Waals surface area contributed by atoms with E-state index in [0.29, 0.717) is 6.92 Å². The van der Waals surface area contributed by atoms with Gasteiger partial charge in [-0.05, 0) is 18.5 Å². The molecule has 0 aromatic rings. The van der Waals surface area contributed by atoms with Gasteiger partial charge in [-0.1, -0.05) is 11.6 Å². The fraction of sp³-hybridized carbons (Fsp3) is 0.750. The maximum atomic E-state index is 12.3. The van der Waals surface area contributed by atoms with Crippen LogP contribution >= 0.6 is 23.2 Å². The topological polar surface area (TPSA) is 17.1 Å². The molecule has 60 valence electrons. The second kappa shape index (κ2) is 2.58. The van der Waals surface area contributed by atoms with Gasteiger partial charge in [0.15, 0.2) is 5.78 Å². The first-order valence-electron chi connectivity index (χ1n) is 2.15. The van der Waals surface area contributed by atoms with Gasteiger partial charge in [-0.15, -0.1) is 0 Å². The molecule has 0 aromatic heterocycles. The summed E-state index contributed by atoms with van der Waals surface area (Å²) in [6, 6.07) is 0. The molecular formula is C4H3Cl2F3O. The third kappa shape index (κ3) is 1.76. The van der Waals surface area contributed by atoms with Crippen LogP contribution < -0.4 is 0 Å². The number of Topliss-reactive ketones (excluding diaryl/α,β-unsaturated/α-hetero) is 1. The molecule has 0 fully saturated rings. The van der Waals surface area contributed by atoms with Crippen LogP contribution in [0.15, 0.2) is 0 Å². The smallest absolute Gasteiger partial charge is 0.295 e. The van der Waals surface area contributed by atoms with E-state index in [1.54, 1.807) is 0 Å². The number of carbonyl (C=O) groups is 1. The van der Waals surface area contributed by atoms with Crippen LogP contribution in [0.3, 0.4) is 0 Å². The minimum Gasteiger partial charge on any atom is -0.295 e. The van der Waals surface area contributed by atoms with Crippen LogP contribution in [0.4, 0.5) is 13.2 Å². The van der Waals surface area contributed by atoms with Crippen molar-refractivity contribution in [1.82, 2.24) is 0 Å². The molecular weight excluding hydrogens is 192 g/mol. The lowest BCUT2D eigenvalue weighted by Gasteiger charge is -2.18. The molecule has 0 rings (SSSR count). The Morgan fingerprint density at radius 1 is 1.30 bits per heavy atom. The SMILES string of the molecule is CC(=O)C(F)(Cl)C(F)(F)Cl. The van der Waals surface area contributed by atoms with E-state index in [-0.39, 0.29) is 0 Å². The largest absolute Gasteiger partial charge is 0.376 e. The molecule has 0 saturated carbocycles. The molecule has 1 unspecified atom stereocenters. The Balaban J connectivity index is 4.57. The van der Waals surface area contributed by atoms with Crippen molar-refractivity contribution in [3.63, 3.8) is 0 Å². The molecule has 0 aliphatic rings. The highest BCUT2D eigenvalue weighted by molar-refractivity contribution is 6.40. The molecule has 0 aliphatic carbocycles. The van der Waals surface area contributed by atoms with E-state index < -0.39 is 16.3 Å². The normalized spacial score (nSPS) is 18.2. The zero-order valence-corrected chi connectivity index (χ0v) is 6.31. The highest BCUT2D eigenvalue weighted by atomic mass is 35.5. The molecule has 0 aromatic carbocycles. The van der Waals surface area contributed by atoms with E-state index in [1.165, 1.54) is 0 Å². The van der Waals surface area contributed by atoms with E-state index in [0.717, 1.165) is 0 Å². The van der Waals surface area contributed by atoms with Gasteiger partial charge in [-0.25, -0.2) is 4.39 Å². The second-order valence-corrected chi connectivity index (χ2v) is 2.62. The molecule has 0 aliphatic heterocycles. The number of hydrogen-bond acceptors (Lipinski definition) is 1. The van der Waals surface area contributed by atoms with Crippen LogP contribution in [0.2, 0.25) is 0 Å². The second-order valence-electron chi connectivity index (χ2n) is 1.63. The van der Waals surface area contributed by atoms with Crippen molar-refractivity contribution in [3.05, 3.63) is 0 Å². The lowest BCUT2D eigenvalue weighted by molar-refractivity contribution is -0.133. The fourth-order valence-electron chi connectivity index (χ4n) is 0.200. The van der Waals surface area contributed by atoms with Gasteiger partial charge in [0.1, 0.15) is 0 Å². The number of ketones is 1. The fourth-order valence-corrected chi connectivity index (χ4v) is 0.333. The summed E-state index contributed by atoms with van der Waals surface area (Å²) in [6.45, 7) is 0.587. The zero-order valence-electron chi connectivity index (χ0n) is 4.80. The van der Waals surface area contributed by atoms with Crippen molar-refractivity contribution >= 4 is 29.0 Å². The van der Waals surface area contributed by atoms with Gasteiger partial charge in [-0.3, -0.25) is 4.79 Å². The Morgan fingerprint density at radius 3 is 1.60 bits per heavy atom. The average molecular weight is 195 g/mol. The molecule has 10 heavy (non-hydrogen) atoms. The van der Waals surface area contributed by atoms with Crippen molar-refractivity contribution in [2.24, 2.45) is 0 Å². The molecule has 0 N–H and O–H groups in total. The summed E-state index contributed by atoms with van der Waals surface area (Å²) in [5.41, 5.74) is 0. The van der Waals surface area contributed by atoms with Gasteiger partial charge in [0, 0.05) is 0 Å². The standard InChI is InChI=1S/C4H3Cl2F3O/c1-2(10)3(5,7)4(6,8)9/h1H3. The Hall–Kier alpha value is 0.0400. The van der Waals surface area contributed by atoms with Crippen molar-refractivity contribution in [1.29, 1.82) is 0 Å². The minimum atomic E-state index is -4.36. The monoisotopic (exact) mass is 194 g/mol. The molecule has 0 saturated heterocycles. The number of carbonyl (C=O) groups excluding carboxylic acids is 1. The van der Waals surface area contributed by atoms with Gasteiger partial charge in [0.25, 0.3) is 0 Å². The Labute approximate surface area is 65.1 Å². The van der Waals surface area contributed by atoms with Crippen molar-refractivity contribution in [3.8, 4) is 0 Å². The van der Waals surface area contributed by atoms with Crippen LogP contribution in [-0.4, -0.2) is 16.3 Å². The first kappa shape index (κ1) is 10.0. The molecule has 0 radical (unpaired) electrons. The third-order valence-corrected chi connectivity index (χ3v) is 1.66. The van der Waals surface area contributed by atoms with Gasteiger partial charge in [0.05, 0.1) is 0 Å². The van der Waals surface area contributed by atoms with E-state index in [1.807, 2.05) is 0 Å². The Morgan fingerprint density at radius 2 is 1.60 bits per heavy atom. The van der Waals surface area contributed by atoms with Crippen LogP contribution in [-0.2, 0) is 4.79 Å². The van der Waals surface area contributed by atoms with Gasteiger partial charge < -0.3 is 0 Å². The van der Waals surface area contributed by atoms with Crippen LogP contribution in [0.1, 0.15) is 6.92 Å². The summed E-state index contributed by atoms with van der Waals surface area (Å²) in [7, 11) is 0. The lowest BCUT2D eigenvalue weighted by Crippen LogP contribution is -2.40. The predicted octanol–water partition coefficient (Wildman–Crippen LogP) is 2.31. The first-order chi connectivity index (χ1) is 4.19. The summed E-state index contributed by atoms with van der Waals surface area (Å²) in [6.07, 6.45) is 0. The average Bonchev–Trinajstić information content (AvgIpc) is 1.62. The minimum absolute atomic E-state index is 0.587. The summed E-state index contributed by atoms with van der Waals surface area (Å²) in [5.74, 6) is -1.52. The highest BCUT2D eigenvalue weighted by Gasteiger charge is 2.56. The maximum absolute atomic E-state index is 12.3. The number of rotatable bonds is 2. The Kier molecular flexibility index (Phi) is 2.59. The first-order valence-corrected chi connectivity index (χ1v) is 2.90. The quantitative estimate of drug-likeness (QED) is 0.617. The molecule has 0 spiro atoms. The third-order valence-electron chi connectivity index (χ3n) is 0.798. The van der Waals surface area contributed by atoms with E-state index >= 15 is 0 Å². The van der Waals surface area contributed by atoms with Crippen molar-refractivity contribution in [2.75, 3.05) is 0 Å². The van der Waals surface area contributed by atoms with Crippen LogP contribution in [0, 0.1) is 0 Å². The highest BCUT2D eigenvalue weighted by Crippen LogP contribution is 2.40.